The quantitative estimate of drug-likeness (QED) is 0.857. The molecule has 0 aliphatic carbocycles. The molecule has 0 aromatic heterocycles. The summed E-state index contributed by atoms with van der Waals surface area (Å²) >= 11 is 0. The van der Waals surface area contributed by atoms with Crippen molar-refractivity contribution in [3.63, 3.8) is 0 Å². The van der Waals surface area contributed by atoms with Crippen molar-refractivity contribution in [1.29, 1.82) is 0 Å². The number of rotatable bonds is 4. The highest BCUT2D eigenvalue weighted by Crippen LogP contribution is 2.33. The molecule has 0 unspecified atom stereocenters. The molecule has 0 saturated carbocycles. The van der Waals surface area contributed by atoms with Gasteiger partial charge in [-0.2, -0.15) is 0 Å². The van der Waals surface area contributed by atoms with E-state index in [1.165, 1.54) is 6.07 Å². The molecule has 98 valence electrons. The summed E-state index contributed by atoms with van der Waals surface area (Å²) in [5.74, 6) is 1.22. The molecule has 0 fully saturated rings. The predicted octanol–water partition coefficient (Wildman–Crippen LogP) is 2.89. The molecule has 4 nitrogen and oxygen atoms in total. The minimum absolute atomic E-state index is 0.0285. The van der Waals surface area contributed by atoms with Crippen molar-refractivity contribution < 1.29 is 19.4 Å². The van der Waals surface area contributed by atoms with Gasteiger partial charge in [-0.05, 0) is 35.4 Å². The molecule has 0 aliphatic rings. The molecule has 0 aliphatic heterocycles. The van der Waals surface area contributed by atoms with Crippen LogP contribution in [0.2, 0.25) is 0 Å². The van der Waals surface area contributed by atoms with Crippen molar-refractivity contribution >= 4 is 6.29 Å². The van der Waals surface area contributed by atoms with Gasteiger partial charge >= 0.3 is 0 Å². The Bertz CT molecular complexity index is 605. The van der Waals surface area contributed by atoms with Gasteiger partial charge in [-0.15, -0.1) is 0 Å². The Balaban J connectivity index is 2.49. The molecular weight excluding hydrogens is 244 g/mol. The summed E-state index contributed by atoms with van der Waals surface area (Å²) in [5, 5.41) is 9.49. The van der Waals surface area contributed by atoms with Crippen LogP contribution in [0.5, 0.6) is 17.2 Å². The summed E-state index contributed by atoms with van der Waals surface area (Å²) in [5.41, 5.74) is 1.95. The van der Waals surface area contributed by atoms with Gasteiger partial charge in [0.15, 0.2) is 17.8 Å². The van der Waals surface area contributed by atoms with Crippen LogP contribution in [0.4, 0.5) is 0 Å². The molecule has 1 N–H and O–H groups in total. The van der Waals surface area contributed by atoms with Crippen LogP contribution < -0.4 is 9.47 Å². The second kappa shape index (κ2) is 5.44. The smallest absolute Gasteiger partial charge is 0.161 e. The number of ether oxygens (including phenoxy) is 2. The van der Waals surface area contributed by atoms with Crippen LogP contribution in [0.15, 0.2) is 36.4 Å². The second-order valence-electron chi connectivity index (χ2n) is 3.96. The zero-order chi connectivity index (χ0) is 13.8. The van der Waals surface area contributed by atoms with Gasteiger partial charge in [0.05, 0.1) is 19.8 Å². The van der Waals surface area contributed by atoms with Gasteiger partial charge in [0, 0.05) is 0 Å². The number of methoxy groups -OCH3 is 2. The Labute approximate surface area is 111 Å². The fraction of sp³-hybridized carbons (Fsp3) is 0.133. The summed E-state index contributed by atoms with van der Waals surface area (Å²) in [6, 6.07) is 10.3. The molecule has 0 atom stereocenters. The molecule has 4 heteroatoms. The van der Waals surface area contributed by atoms with Gasteiger partial charge in [0.2, 0.25) is 0 Å². The standard InChI is InChI=1S/C15H14O4/c1-18-14-6-4-11(8-15(14)19-2)10-3-5-13(17)12(7-10)9-16/h3-9,17H,1-2H3. The lowest BCUT2D eigenvalue weighted by Crippen LogP contribution is -1.91. The van der Waals surface area contributed by atoms with Gasteiger partial charge in [0.1, 0.15) is 5.75 Å². The maximum atomic E-state index is 10.8. The summed E-state index contributed by atoms with van der Waals surface area (Å²) in [7, 11) is 3.14. The average Bonchev–Trinajstić information content (AvgIpc) is 2.47. The minimum Gasteiger partial charge on any atom is -0.507 e. The first-order valence-corrected chi connectivity index (χ1v) is 5.70. The lowest BCUT2D eigenvalue weighted by molar-refractivity contribution is 0.112. The maximum Gasteiger partial charge on any atom is 0.161 e. The number of hydrogen-bond acceptors (Lipinski definition) is 4. The zero-order valence-electron chi connectivity index (χ0n) is 10.7. The number of benzene rings is 2. The average molecular weight is 258 g/mol. The second-order valence-corrected chi connectivity index (χ2v) is 3.96. The Hall–Kier alpha value is -2.49. The van der Waals surface area contributed by atoms with E-state index in [0.717, 1.165) is 11.1 Å². The van der Waals surface area contributed by atoms with Crippen molar-refractivity contribution in [1.82, 2.24) is 0 Å². The summed E-state index contributed by atoms with van der Waals surface area (Å²) in [6.45, 7) is 0. The summed E-state index contributed by atoms with van der Waals surface area (Å²) < 4.78 is 10.4. The molecule has 19 heavy (non-hydrogen) atoms. The number of hydrogen-bond donors (Lipinski definition) is 1. The third kappa shape index (κ3) is 2.52. The zero-order valence-corrected chi connectivity index (χ0v) is 10.7. The van der Waals surface area contributed by atoms with Crippen molar-refractivity contribution in [3.8, 4) is 28.4 Å². The molecule has 0 amide bonds. The third-order valence-electron chi connectivity index (χ3n) is 2.87. The van der Waals surface area contributed by atoms with Crippen molar-refractivity contribution in [2.24, 2.45) is 0 Å². The van der Waals surface area contributed by atoms with Crippen molar-refractivity contribution in [2.45, 2.75) is 0 Å². The number of carbonyl (C=O) groups is 1. The highest BCUT2D eigenvalue weighted by atomic mass is 16.5. The number of phenols is 1. The molecule has 2 rings (SSSR count). The van der Waals surface area contributed by atoms with Crippen LogP contribution in [0, 0.1) is 0 Å². The summed E-state index contributed by atoms with van der Waals surface area (Å²) in [4.78, 5) is 10.8. The molecule has 0 radical (unpaired) electrons. The number of carbonyl (C=O) groups excluding carboxylic acids is 1. The van der Waals surface area contributed by atoms with Gasteiger partial charge in [-0.25, -0.2) is 0 Å². The Morgan fingerprint density at radius 1 is 0.947 bits per heavy atom. The number of aromatic hydroxyl groups is 1. The van der Waals surface area contributed by atoms with E-state index in [9.17, 15) is 9.90 Å². The molecule has 0 spiro atoms. The lowest BCUT2D eigenvalue weighted by atomic mass is 10.0. The van der Waals surface area contributed by atoms with Crippen LogP contribution in [0.1, 0.15) is 10.4 Å². The molecule has 0 saturated heterocycles. The normalized spacial score (nSPS) is 10.0. The minimum atomic E-state index is -0.0285. The Kier molecular flexibility index (Phi) is 3.71. The van der Waals surface area contributed by atoms with E-state index in [-0.39, 0.29) is 11.3 Å². The van der Waals surface area contributed by atoms with E-state index in [2.05, 4.69) is 0 Å². The molecule has 0 heterocycles. The fourth-order valence-electron chi connectivity index (χ4n) is 1.84. The van der Waals surface area contributed by atoms with Gasteiger partial charge in [0.25, 0.3) is 0 Å². The van der Waals surface area contributed by atoms with Crippen molar-refractivity contribution in [3.05, 3.63) is 42.0 Å². The van der Waals surface area contributed by atoms with Gasteiger partial charge in [-0.3, -0.25) is 4.79 Å². The fourth-order valence-corrected chi connectivity index (χ4v) is 1.84. The first-order chi connectivity index (χ1) is 9.19. The van der Waals surface area contributed by atoms with Crippen LogP contribution in [0.25, 0.3) is 11.1 Å². The van der Waals surface area contributed by atoms with E-state index in [4.69, 9.17) is 9.47 Å². The van der Waals surface area contributed by atoms with Crippen molar-refractivity contribution in [2.75, 3.05) is 14.2 Å². The Morgan fingerprint density at radius 2 is 1.58 bits per heavy atom. The number of phenolic OH excluding ortho intramolecular Hbond substituents is 1. The predicted molar refractivity (Wildman–Crippen MR) is 72.0 cm³/mol. The van der Waals surface area contributed by atoms with Crippen LogP contribution >= 0.6 is 0 Å². The van der Waals surface area contributed by atoms with E-state index < -0.39 is 0 Å². The largest absolute Gasteiger partial charge is 0.507 e. The number of aldehydes is 1. The third-order valence-corrected chi connectivity index (χ3v) is 2.87. The topological polar surface area (TPSA) is 55.8 Å². The SMILES string of the molecule is COc1ccc(-c2ccc(O)c(C=O)c2)cc1OC. The van der Waals surface area contributed by atoms with E-state index >= 15 is 0 Å². The molecule has 0 bridgehead atoms. The van der Waals surface area contributed by atoms with Crippen LogP contribution in [-0.4, -0.2) is 25.6 Å². The first-order valence-electron chi connectivity index (χ1n) is 5.70. The summed E-state index contributed by atoms with van der Waals surface area (Å²) in [6.07, 6.45) is 0.625. The maximum absolute atomic E-state index is 10.8. The first kappa shape index (κ1) is 13.0. The van der Waals surface area contributed by atoms with Crippen LogP contribution in [-0.2, 0) is 0 Å². The lowest BCUT2D eigenvalue weighted by Gasteiger charge is -2.10. The van der Waals surface area contributed by atoms with Gasteiger partial charge in [-0.1, -0.05) is 12.1 Å². The molecule has 2 aromatic carbocycles. The van der Waals surface area contributed by atoms with Gasteiger partial charge < -0.3 is 14.6 Å². The highest BCUT2D eigenvalue weighted by molar-refractivity contribution is 5.83. The monoisotopic (exact) mass is 258 g/mol. The van der Waals surface area contributed by atoms with Crippen LogP contribution in [0.3, 0.4) is 0 Å². The highest BCUT2D eigenvalue weighted by Gasteiger charge is 2.08. The van der Waals surface area contributed by atoms with E-state index in [1.54, 1.807) is 32.4 Å². The van der Waals surface area contributed by atoms with E-state index in [0.29, 0.717) is 17.8 Å². The molecule has 2 aromatic rings. The molecular formula is C15H14O4. The van der Waals surface area contributed by atoms with E-state index in [1.807, 2.05) is 12.1 Å². The Morgan fingerprint density at radius 3 is 2.21 bits per heavy atom.